The highest BCUT2D eigenvalue weighted by Crippen LogP contribution is 2.34. The van der Waals surface area contributed by atoms with Gasteiger partial charge in [-0.25, -0.2) is 8.42 Å². The molecule has 2 aliphatic heterocycles. The lowest BCUT2D eigenvalue weighted by atomic mass is 10.2. The molecule has 2 aliphatic rings. The minimum absolute atomic E-state index is 0.143. The van der Waals surface area contributed by atoms with Crippen molar-refractivity contribution in [3.8, 4) is 11.5 Å². The van der Waals surface area contributed by atoms with Crippen LogP contribution in [0.1, 0.15) is 21.7 Å². The minimum Gasteiger partial charge on any atom is -0.454 e. The molecule has 0 saturated carbocycles. The molecular weight excluding hydrogens is 386 g/mol. The number of aromatic amines is 1. The normalized spacial score (nSPS) is 16.9. The van der Waals surface area contributed by atoms with Gasteiger partial charge in [0.15, 0.2) is 11.5 Å². The Labute approximate surface area is 162 Å². The van der Waals surface area contributed by atoms with Crippen LogP contribution in [0.15, 0.2) is 23.1 Å². The molecule has 1 aromatic carbocycles. The van der Waals surface area contributed by atoms with Crippen LogP contribution in [-0.4, -0.2) is 56.7 Å². The summed E-state index contributed by atoms with van der Waals surface area (Å²) in [4.78, 5) is 15.8. The topological polar surface area (TPSA) is 110 Å². The van der Waals surface area contributed by atoms with Gasteiger partial charge in [-0.3, -0.25) is 4.79 Å². The number of benzene rings is 1. The van der Waals surface area contributed by atoms with Gasteiger partial charge < -0.3 is 24.5 Å². The molecule has 10 heteroatoms. The maximum Gasteiger partial charge on any atom is 0.272 e. The number of aromatic nitrogens is 1. The average molecular weight is 407 g/mol. The summed E-state index contributed by atoms with van der Waals surface area (Å²) in [6, 6.07) is 5.07. The predicted octanol–water partition coefficient (Wildman–Crippen LogP) is 1.63. The fourth-order valence-corrected chi connectivity index (χ4v) is 5.25. The Hall–Kier alpha value is -2.56. The van der Waals surface area contributed by atoms with Gasteiger partial charge in [-0.15, -0.1) is 0 Å². The number of nitrogens with zero attached hydrogens (tertiary/aromatic N) is 1. The van der Waals surface area contributed by atoms with Crippen molar-refractivity contribution in [1.29, 1.82) is 0 Å². The maximum absolute atomic E-state index is 13.0. The molecule has 1 saturated heterocycles. The molecule has 0 unspecified atom stereocenters. The average Bonchev–Trinajstić information content (AvgIpc) is 3.26. The molecule has 1 fully saturated rings. The van der Waals surface area contributed by atoms with Crippen LogP contribution in [0.4, 0.5) is 5.69 Å². The zero-order valence-corrected chi connectivity index (χ0v) is 16.4. The quantitative estimate of drug-likeness (QED) is 0.797. The molecule has 4 rings (SSSR count). The summed E-state index contributed by atoms with van der Waals surface area (Å²) in [6.07, 6.45) is 0. The highest BCUT2D eigenvalue weighted by atomic mass is 32.2. The van der Waals surface area contributed by atoms with Crippen molar-refractivity contribution in [3.63, 3.8) is 0 Å². The van der Waals surface area contributed by atoms with Crippen molar-refractivity contribution < 1.29 is 27.4 Å². The van der Waals surface area contributed by atoms with Gasteiger partial charge >= 0.3 is 0 Å². The second kappa shape index (κ2) is 7.12. The van der Waals surface area contributed by atoms with E-state index in [4.69, 9.17) is 14.2 Å². The maximum atomic E-state index is 13.0. The molecule has 0 bridgehead atoms. The number of H-pyrrole nitrogens is 1. The molecular formula is C18H21N3O6S. The molecule has 1 amide bonds. The third-order valence-corrected chi connectivity index (χ3v) is 6.97. The van der Waals surface area contributed by atoms with Crippen LogP contribution in [0.5, 0.6) is 11.5 Å². The lowest BCUT2D eigenvalue weighted by Crippen LogP contribution is -2.40. The minimum atomic E-state index is -3.71. The van der Waals surface area contributed by atoms with E-state index in [0.717, 1.165) is 0 Å². The monoisotopic (exact) mass is 407 g/mol. The number of nitrogens with one attached hydrogen (secondary N) is 2. The third-order valence-electron chi connectivity index (χ3n) is 4.79. The van der Waals surface area contributed by atoms with E-state index in [9.17, 15) is 13.2 Å². The van der Waals surface area contributed by atoms with Crippen molar-refractivity contribution in [3.05, 3.63) is 35.2 Å². The Balaban J connectivity index is 1.60. The highest BCUT2D eigenvalue weighted by molar-refractivity contribution is 7.89. The predicted molar refractivity (Wildman–Crippen MR) is 100 cm³/mol. The third kappa shape index (κ3) is 3.23. The summed E-state index contributed by atoms with van der Waals surface area (Å²) in [7, 11) is -3.71. The molecule has 150 valence electrons. The highest BCUT2D eigenvalue weighted by Gasteiger charge is 2.32. The van der Waals surface area contributed by atoms with E-state index in [2.05, 4.69) is 10.3 Å². The van der Waals surface area contributed by atoms with Crippen molar-refractivity contribution in [2.75, 3.05) is 38.4 Å². The summed E-state index contributed by atoms with van der Waals surface area (Å²) in [5.41, 5.74) is 1.56. The number of aryl methyl sites for hydroxylation is 1. The van der Waals surface area contributed by atoms with Crippen LogP contribution < -0.4 is 14.8 Å². The Kier molecular flexibility index (Phi) is 4.77. The van der Waals surface area contributed by atoms with Gasteiger partial charge in [-0.2, -0.15) is 4.31 Å². The van der Waals surface area contributed by atoms with Gasteiger partial charge in [0.25, 0.3) is 5.91 Å². The van der Waals surface area contributed by atoms with E-state index < -0.39 is 15.9 Å². The molecule has 2 N–H and O–H groups in total. The number of morpholine rings is 1. The van der Waals surface area contributed by atoms with Gasteiger partial charge in [0.2, 0.25) is 16.8 Å². The van der Waals surface area contributed by atoms with Crippen LogP contribution in [-0.2, 0) is 14.8 Å². The first-order valence-corrected chi connectivity index (χ1v) is 10.3. The van der Waals surface area contributed by atoms with E-state index in [1.54, 1.807) is 32.0 Å². The fraction of sp³-hybridized carbons (Fsp3) is 0.389. The Morgan fingerprint density at radius 1 is 1.14 bits per heavy atom. The molecule has 0 spiro atoms. The number of amides is 1. The fourth-order valence-electron chi connectivity index (χ4n) is 3.43. The summed E-state index contributed by atoms with van der Waals surface area (Å²) < 4.78 is 43.3. The number of carbonyl (C=O) groups is 1. The zero-order chi connectivity index (χ0) is 19.9. The second-order valence-corrected chi connectivity index (χ2v) is 8.49. The molecule has 0 radical (unpaired) electrons. The lowest BCUT2D eigenvalue weighted by molar-refractivity contribution is 0.0730. The largest absolute Gasteiger partial charge is 0.454 e. The molecule has 1 aromatic heterocycles. The van der Waals surface area contributed by atoms with Gasteiger partial charge in [-0.1, -0.05) is 0 Å². The molecule has 2 aromatic rings. The Morgan fingerprint density at radius 2 is 1.86 bits per heavy atom. The van der Waals surface area contributed by atoms with Crippen molar-refractivity contribution in [2.24, 2.45) is 0 Å². The first-order valence-electron chi connectivity index (χ1n) is 8.86. The van der Waals surface area contributed by atoms with Crippen LogP contribution >= 0.6 is 0 Å². The van der Waals surface area contributed by atoms with Gasteiger partial charge in [0.1, 0.15) is 10.6 Å². The van der Waals surface area contributed by atoms with E-state index in [0.29, 0.717) is 54.7 Å². The Morgan fingerprint density at radius 3 is 2.61 bits per heavy atom. The number of ether oxygens (including phenoxy) is 3. The van der Waals surface area contributed by atoms with E-state index in [-0.39, 0.29) is 17.4 Å². The van der Waals surface area contributed by atoms with E-state index in [1.807, 2.05) is 0 Å². The standard InChI is InChI=1S/C18H21N3O6S/c1-11-16(18(22)20-13-3-4-14-15(9-13)27-10-26-14)19-12(2)17(11)28(23,24)21-5-7-25-8-6-21/h3-4,9,19H,5-8,10H2,1-2H3,(H,20,22). The molecule has 0 aliphatic carbocycles. The summed E-state index contributed by atoms with van der Waals surface area (Å²) >= 11 is 0. The van der Waals surface area contributed by atoms with Crippen molar-refractivity contribution >= 4 is 21.6 Å². The SMILES string of the molecule is Cc1[nH]c(C(=O)Nc2ccc3c(c2)OCO3)c(C)c1S(=O)(=O)N1CCOCC1. The van der Waals surface area contributed by atoms with Crippen molar-refractivity contribution in [2.45, 2.75) is 18.7 Å². The number of hydrogen-bond donors (Lipinski definition) is 2. The molecule has 9 nitrogen and oxygen atoms in total. The molecule has 3 heterocycles. The molecule has 0 atom stereocenters. The number of hydrogen-bond acceptors (Lipinski definition) is 6. The number of anilines is 1. The summed E-state index contributed by atoms with van der Waals surface area (Å²) in [6.45, 7) is 4.74. The van der Waals surface area contributed by atoms with Crippen LogP contribution in [0, 0.1) is 13.8 Å². The van der Waals surface area contributed by atoms with E-state index in [1.165, 1.54) is 4.31 Å². The lowest BCUT2D eigenvalue weighted by Gasteiger charge is -2.26. The zero-order valence-electron chi connectivity index (χ0n) is 15.6. The second-order valence-electron chi connectivity index (χ2n) is 6.62. The first kappa shape index (κ1) is 18.8. The van der Waals surface area contributed by atoms with Gasteiger partial charge in [0.05, 0.1) is 13.2 Å². The number of rotatable bonds is 4. The van der Waals surface area contributed by atoms with E-state index >= 15 is 0 Å². The summed E-state index contributed by atoms with van der Waals surface area (Å²) in [5.74, 6) is 0.736. The first-order chi connectivity index (χ1) is 13.4. The van der Waals surface area contributed by atoms with Crippen LogP contribution in [0.2, 0.25) is 0 Å². The van der Waals surface area contributed by atoms with Gasteiger partial charge in [-0.05, 0) is 31.5 Å². The number of carbonyl (C=O) groups excluding carboxylic acids is 1. The molecule has 28 heavy (non-hydrogen) atoms. The van der Waals surface area contributed by atoms with Crippen LogP contribution in [0.25, 0.3) is 0 Å². The number of fused-ring (bicyclic) bond motifs is 1. The Bertz CT molecular complexity index is 1020. The van der Waals surface area contributed by atoms with Gasteiger partial charge in [0, 0.05) is 30.5 Å². The van der Waals surface area contributed by atoms with Crippen LogP contribution in [0.3, 0.4) is 0 Å². The number of sulfonamides is 1. The smallest absolute Gasteiger partial charge is 0.272 e. The van der Waals surface area contributed by atoms with Crippen molar-refractivity contribution in [1.82, 2.24) is 9.29 Å². The summed E-state index contributed by atoms with van der Waals surface area (Å²) in [5, 5.41) is 2.77.